The average Bonchev–Trinajstić information content (AvgIpc) is 3.21. The molecular weight excluding hydrogens is 296 g/mol. The fourth-order valence-electron chi connectivity index (χ4n) is 3.15. The van der Waals surface area contributed by atoms with Crippen molar-refractivity contribution in [3.05, 3.63) is 65.2 Å². The number of allylic oxidation sites excluding steroid dienone is 1. The molecule has 1 aromatic heterocycles. The van der Waals surface area contributed by atoms with Crippen molar-refractivity contribution in [2.75, 3.05) is 0 Å². The number of hydrogen-bond donors (Lipinski definition) is 0. The van der Waals surface area contributed by atoms with E-state index in [1.807, 2.05) is 4.68 Å². The molecule has 0 amide bonds. The summed E-state index contributed by atoms with van der Waals surface area (Å²) in [6.45, 7) is 6.35. The minimum absolute atomic E-state index is 0.305. The van der Waals surface area contributed by atoms with Gasteiger partial charge < -0.3 is 0 Å². The number of fused-ring (bicyclic) bond motifs is 1. The molecule has 4 rings (SSSR count). The Kier molecular flexibility index (Phi) is 3.53. The molecule has 0 spiro atoms. The fourth-order valence-corrected chi connectivity index (χ4v) is 3.15. The Hall–Kier alpha value is -2.75. The second-order valence-electron chi connectivity index (χ2n) is 6.50. The van der Waals surface area contributed by atoms with Crippen LogP contribution in [0.4, 0.5) is 0 Å². The predicted octanol–water partition coefficient (Wildman–Crippen LogP) is 4.55. The zero-order valence-electron chi connectivity index (χ0n) is 14.2. The first-order chi connectivity index (χ1) is 11.6. The van der Waals surface area contributed by atoms with Crippen LogP contribution in [0.1, 0.15) is 43.0 Å². The molecule has 0 radical (unpaired) electrons. The van der Waals surface area contributed by atoms with Gasteiger partial charge in [0.1, 0.15) is 5.52 Å². The number of rotatable bonds is 3. The van der Waals surface area contributed by atoms with Crippen molar-refractivity contribution in [2.24, 2.45) is 4.99 Å². The SMILES string of the molecule is Cc1ccccc1C1=CCC(c2ccc3c(c2)nnn3C(C)C)=N1. The number of aryl methyl sites for hydroxylation is 1. The first kappa shape index (κ1) is 14.8. The maximum absolute atomic E-state index is 4.86. The molecule has 4 heteroatoms. The summed E-state index contributed by atoms with van der Waals surface area (Å²) >= 11 is 0. The minimum atomic E-state index is 0.305. The van der Waals surface area contributed by atoms with E-state index in [4.69, 9.17) is 4.99 Å². The zero-order chi connectivity index (χ0) is 16.7. The van der Waals surface area contributed by atoms with E-state index in [0.29, 0.717) is 6.04 Å². The van der Waals surface area contributed by atoms with Crippen molar-refractivity contribution in [3.8, 4) is 0 Å². The predicted molar refractivity (Wildman–Crippen MR) is 98.2 cm³/mol. The molecule has 0 unspecified atom stereocenters. The second-order valence-corrected chi connectivity index (χ2v) is 6.50. The molecule has 0 atom stereocenters. The highest BCUT2D eigenvalue weighted by molar-refractivity contribution is 6.08. The topological polar surface area (TPSA) is 43.1 Å². The molecule has 1 aliphatic heterocycles. The Morgan fingerprint density at radius 2 is 1.92 bits per heavy atom. The maximum Gasteiger partial charge on any atom is 0.113 e. The molecular formula is C20H20N4. The van der Waals surface area contributed by atoms with Crippen LogP contribution in [0.25, 0.3) is 16.7 Å². The summed E-state index contributed by atoms with van der Waals surface area (Å²) in [5.74, 6) is 0. The van der Waals surface area contributed by atoms with Gasteiger partial charge in [0, 0.05) is 18.0 Å². The lowest BCUT2D eigenvalue weighted by Crippen LogP contribution is -2.02. The normalized spacial score (nSPS) is 14.3. The van der Waals surface area contributed by atoms with Crippen molar-refractivity contribution >= 4 is 22.4 Å². The average molecular weight is 316 g/mol. The van der Waals surface area contributed by atoms with Gasteiger partial charge in [0.05, 0.1) is 16.9 Å². The van der Waals surface area contributed by atoms with Gasteiger partial charge in [0.25, 0.3) is 0 Å². The highest BCUT2D eigenvalue weighted by Crippen LogP contribution is 2.28. The minimum Gasteiger partial charge on any atom is -0.252 e. The van der Waals surface area contributed by atoms with Crippen molar-refractivity contribution in [1.82, 2.24) is 15.0 Å². The molecule has 4 nitrogen and oxygen atoms in total. The number of hydrogen-bond acceptors (Lipinski definition) is 3. The van der Waals surface area contributed by atoms with Gasteiger partial charge in [-0.05, 0) is 44.0 Å². The van der Waals surface area contributed by atoms with Crippen molar-refractivity contribution in [3.63, 3.8) is 0 Å². The van der Waals surface area contributed by atoms with Crippen LogP contribution in [0, 0.1) is 6.92 Å². The number of benzene rings is 2. The van der Waals surface area contributed by atoms with E-state index in [-0.39, 0.29) is 0 Å². The highest BCUT2D eigenvalue weighted by Gasteiger charge is 2.15. The Labute approximate surface area is 141 Å². The van der Waals surface area contributed by atoms with Crippen molar-refractivity contribution < 1.29 is 0 Å². The van der Waals surface area contributed by atoms with E-state index < -0.39 is 0 Å². The third-order valence-electron chi connectivity index (χ3n) is 4.46. The molecule has 0 aliphatic carbocycles. The summed E-state index contributed by atoms with van der Waals surface area (Å²) in [5.41, 5.74) is 7.73. The molecule has 1 aliphatic rings. The van der Waals surface area contributed by atoms with Gasteiger partial charge in [0.15, 0.2) is 0 Å². The lowest BCUT2D eigenvalue weighted by molar-refractivity contribution is 0.530. The Balaban J connectivity index is 1.69. The molecule has 0 saturated heterocycles. The molecule has 3 aromatic rings. The van der Waals surface area contributed by atoms with E-state index >= 15 is 0 Å². The van der Waals surface area contributed by atoms with Gasteiger partial charge in [0.2, 0.25) is 0 Å². The molecule has 0 fully saturated rings. The maximum atomic E-state index is 4.86. The van der Waals surface area contributed by atoms with E-state index in [2.05, 4.69) is 79.6 Å². The summed E-state index contributed by atoms with van der Waals surface area (Å²) < 4.78 is 1.95. The number of nitrogens with zero attached hydrogens (tertiary/aromatic N) is 4. The molecule has 120 valence electrons. The smallest absolute Gasteiger partial charge is 0.113 e. The van der Waals surface area contributed by atoms with Crippen molar-refractivity contribution in [2.45, 2.75) is 33.2 Å². The van der Waals surface area contributed by atoms with Gasteiger partial charge in [-0.3, -0.25) is 4.99 Å². The Bertz CT molecular complexity index is 976. The molecule has 0 bridgehead atoms. The van der Waals surface area contributed by atoms with Crippen LogP contribution >= 0.6 is 0 Å². The summed E-state index contributed by atoms with van der Waals surface area (Å²) in [6.07, 6.45) is 3.06. The van der Waals surface area contributed by atoms with E-state index in [9.17, 15) is 0 Å². The lowest BCUT2D eigenvalue weighted by Gasteiger charge is -2.06. The first-order valence-electron chi connectivity index (χ1n) is 8.32. The van der Waals surface area contributed by atoms with Crippen LogP contribution in [0.15, 0.2) is 53.5 Å². The van der Waals surface area contributed by atoms with Crippen LogP contribution in [-0.2, 0) is 0 Å². The largest absolute Gasteiger partial charge is 0.252 e. The fraction of sp³-hybridized carbons (Fsp3) is 0.250. The molecule has 0 saturated carbocycles. The first-order valence-corrected chi connectivity index (χ1v) is 8.32. The van der Waals surface area contributed by atoms with Gasteiger partial charge in [-0.1, -0.05) is 41.6 Å². The quantitative estimate of drug-likeness (QED) is 0.711. The van der Waals surface area contributed by atoms with Crippen LogP contribution < -0.4 is 0 Å². The van der Waals surface area contributed by atoms with Gasteiger partial charge >= 0.3 is 0 Å². The standard InChI is InChI=1S/C20H20N4/c1-13(2)24-20-11-8-15(12-19(20)22-23-24)17-9-10-18(21-17)16-7-5-4-6-14(16)3/h4-8,10-13H,9H2,1-3H3. The van der Waals surface area contributed by atoms with Crippen LogP contribution in [0.3, 0.4) is 0 Å². The summed E-state index contributed by atoms with van der Waals surface area (Å²) in [4.78, 5) is 4.86. The van der Waals surface area contributed by atoms with Gasteiger partial charge in [-0.25, -0.2) is 4.68 Å². The molecule has 2 heterocycles. The van der Waals surface area contributed by atoms with Gasteiger partial charge in [-0.15, -0.1) is 5.10 Å². The van der Waals surface area contributed by atoms with E-state index in [1.165, 1.54) is 11.1 Å². The second kappa shape index (κ2) is 5.71. The van der Waals surface area contributed by atoms with Gasteiger partial charge in [-0.2, -0.15) is 0 Å². The highest BCUT2D eigenvalue weighted by atomic mass is 15.4. The molecule has 24 heavy (non-hydrogen) atoms. The summed E-state index contributed by atoms with van der Waals surface area (Å²) in [7, 11) is 0. The number of aromatic nitrogens is 3. The van der Waals surface area contributed by atoms with Crippen molar-refractivity contribution in [1.29, 1.82) is 0 Å². The Morgan fingerprint density at radius 3 is 2.71 bits per heavy atom. The third-order valence-corrected chi connectivity index (χ3v) is 4.46. The van der Waals surface area contributed by atoms with Crippen LogP contribution in [-0.4, -0.2) is 20.7 Å². The lowest BCUT2D eigenvalue weighted by atomic mass is 10.1. The monoisotopic (exact) mass is 316 g/mol. The molecule has 0 N–H and O–H groups in total. The van der Waals surface area contributed by atoms with Crippen LogP contribution in [0.5, 0.6) is 0 Å². The van der Waals surface area contributed by atoms with Crippen LogP contribution in [0.2, 0.25) is 0 Å². The van der Waals surface area contributed by atoms with E-state index in [0.717, 1.165) is 34.4 Å². The summed E-state index contributed by atoms with van der Waals surface area (Å²) in [5, 5.41) is 8.55. The molecule has 2 aromatic carbocycles. The zero-order valence-corrected chi connectivity index (χ0v) is 14.2. The Morgan fingerprint density at radius 1 is 1.08 bits per heavy atom. The number of aliphatic imine (C=N–C) groups is 1. The third kappa shape index (κ3) is 2.44. The van der Waals surface area contributed by atoms with E-state index in [1.54, 1.807) is 0 Å². The summed E-state index contributed by atoms with van der Waals surface area (Å²) in [6, 6.07) is 15.0.